The molecule has 0 saturated carbocycles. The number of H-pyrrole nitrogens is 2. The lowest BCUT2D eigenvalue weighted by Gasteiger charge is -1.98. The molecule has 0 aliphatic heterocycles. The number of nitro benzene ring substituents is 1. The average Bonchev–Trinajstić information content (AvgIpc) is 2.68. The van der Waals surface area contributed by atoms with Gasteiger partial charge in [0.15, 0.2) is 5.69 Å². The molecule has 19 heavy (non-hydrogen) atoms. The van der Waals surface area contributed by atoms with Crippen LogP contribution in [0.4, 0.5) is 17.1 Å². The van der Waals surface area contributed by atoms with Crippen molar-refractivity contribution >= 4 is 17.1 Å². The number of nitrogens with one attached hydrogen (secondary N) is 2. The number of benzene rings is 1. The van der Waals surface area contributed by atoms with Crippen molar-refractivity contribution in [3.05, 3.63) is 49.9 Å². The number of hydrogen-bond donors (Lipinski definition) is 2. The summed E-state index contributed by atoms with van der Waals surface area (Å²) in [6.45, 7) is 3.38. The van der Waals surface area contributed by atoms with Gasteiger partial charge in [-0.25, -0.2) is 0 Å². The normalized spacial score (nSPS) is 11.1. The van der Waals surface area contributed by atoms with Crippen LogP contribution in [0.25, 0.3) is 0 Å². The molecule has 0 amide bonds. The van der Waals surface area contributed by atoms with Crippen LogP contribution in [0.1, 0.15) is 11.3 Å². The molecule has 0 spiro atoms. The van der Waals surface area contributed by atoms with Crippen molar-refractivity contribution in [1.82, 2.24) is 10.2 Å². The van der Waals surface area contributed by atoms with Gasteiger partial charge in [0.25, 0.3) is 11.2 Å². The van der Waals surface area contributed by atoms with Gasteiger partial charge < -0.3 is 5.10 Å². The quantitative estimate of drug-likeness (QED) is 0.502. The Morgan fingerprint density at radius 2 is 1.95 bits per heavy atom. The molecule has 0 atom stereocenters. The highest BCUT2D eigenvalue weighted by Crippen LogP contribution is 2.25. The number of rotatable bonds is 3. The van der Waals surface area contributed by atoms with Crippen LogP contribution in [-0.4, -0.2) is 15.1 Å². The Balaban J connectivity index is 2.34. The Kier molecular flexibility index (Phi) is 3.23. The van der Waals surface area contributed by atoms with Crippen LogP contribution in [0.15, 0.2) is 33.2 Å². The molecular weight excluding hydrogens is 250 g/mol. The van der Waals surface area contributed by atoms with E-state index in [1.165, 1.54) is 18.2 Å². The maximum atomic E-state index is 11.4. The number of aromatic nitrogens is 2. The zero-order valence-electron chi connectivity index (χ0n) is 10.3. The summed E-state index contributed by atoms with van der Waals surface area (Å²) in [5.74, 6) is 0. The largest absolute Gasteiger partial charge is 0.300 e. The molecule has 0 radical (unpaired) electrons. The third-order valence-electron chi connectivity index (χ3n) is 2.58. The van der Waals surface area contributed by atoms with Gasteiger partial charge in [-0.2, -0.15) is 5.11 Å². The zero-order valence-corrected chi connectivity index (χ0v) is 10.3. The lowest BCUT2D eigenvalue weighted by molar-refractivity contribution is -0.384. The molecule has 2 aromatic rings. The van der Waals surface area contributed by atoms with Gasteiger partial charge in [-0.3, -0.25) is 20.0 Å². The Morgan fingerprint density at radius 1 is 1.21 bits per heavy atom. The van der Waals surface area contributed by atoms with Crippen LogP contribution >= 0.6 is 0 Å². The van der Waals surface area contributed by atoms with E-state index in [0.29, 0.717) is 16.9 Å². The first kappa shape index (κ1) is 12.7. The van der Waals surface area contributed by atoms with Crippen molar-refractivity contribution in [3.8, 4) is 0 Å². The fraction of sp³-hybridized carbons (Fsp3) is 0.182. The highest BCUT2D eigenvalue weighted by Gasteiger charge is 2.08. The second-order valence-corrected chi connectivity index (χ2v) is 3.98. The smallest absolute Gasteiger partial charge is 0.291 e. The monoisotopic (exact) mass is 261 g/mol. The molecule has 8 nitrogen and oxygen atoms in total. The van der Waals surface area contributed by atoms with Gasteiger partial charge in [0.05, 0.1) is 16.3 Å². The summed E-state index contributed by atoms with van der Waals surface area (Å²) in [4.78, 5) is 21.5. The van der Waals surface area contributed by atoms with Crippen molar-refractivity contribution in [1.29, 1.82) is 0 Å². The minimum Gasteiger partial charge on any atom is -0.300 e. The van der Waals surface area contributed by atoms with Crippen LogP contribution < -0.4 is 5.56 Å². The van der Waals surface area contributed by atoms with Gasteiger partial charge in [-0.05, 0) is 25.5 Å². The van der Waals surface area contributed by atoms with Crippen molar-refractivity contribution in [2.75, 3.05) is 0 Å². The van der Waals surface area contributed by atoms with Crippen LogP contribution in [0, 0.1) is 24.0 Å². The summed E-state index contributed by atoms with van der Waals surface area (Å²) in [7, 11) is 0. The number of nitrogens with zero attached hydrogens (tertiary/aromatic N) is 3. The van der Waals surface area contributed by atoms with Crippen molar-refractivity contribution < 1.29 is 4.92 Å². The van der Waals surface area contributed by atoms with Crippen LogP contribution in [0.5, 0.6) is 0 Å². The molecule has 0 aliphatic carbocycles. The molecule has 1 heterocycles. The molecule has 2 rings (SSSR count). The lowest BCUT2D eigenvalue weighted by atomic mass is 10.2. The van der Waals surface area contributed by atoms with Crippen LogP contribution in [-0.2, 0) is 0 Å². The maximum absolute atomic E-state index is 11.4. The number of non-ortho nitro benzene ring substituents is 1. The van der Waals surface area contributed by atoms with E-state index in [-0.39, 0.29) is 16.9 Å². The van der Waals surface area contributed by atoms with Gasteiger partial charge in [0.1, 0.15) is 0 Å². The summed E-state index contributed by atoms with van der Waals surface area (Å²) in [5.41, 5.74) is 1.49. The van der Waals surface area contributed by atoms with E-state index < -0.39 is 4.92 Å². The molecule has 8 heteroatoms. The molecule has 98 valence electrons. The second-order valence-electron chi connectivity index (χ2n) is 3.98. The molecule has 0 fully saturated rings. The highest BCUT2D eigenvalue weighted by atomic mass is 16.6. The molecule has 0 saturated heterocycles. The predicted octanol–water partition coefficient (Wildman–Crippen LogP) is 2.64. The Hall–Kier alpha value is -2.77. The molecular formula is C11H11N5O3. The van der Waals surface area contributed by atoms with E-state index in [2.05, 4.69) is 20.4 Å². The van der Waals surface area contributed by atoms with Gasteiger partial charge >= 0.3 is 0 Å². The highest BCUT2D eigenvalue weighted by molar-refractivity contribution is 5.51. The van der Waals surface area contributed by atoms with Crippen molar-refractivity contribution in [2.24, 2.45) is 10.2 Å². The third-order valence-corrected chi connectivity index (χ3v) is 2.58. The first-order valence-electron chi connectivity index (χ1n) is 5.43. The van der Waals surface area contributed by atoms with Gasteiger partial charge in [-0.1, -0.05) is 0 Å². The summed E-state index contributed by atoms with van der Waals surface area (Å²) in [5, 5.41) is 23.4. The molecule has 1 aromatic carbocycles. The van der Waals surface area contributed by atoms with E-state index in [9.17, 15) is 14.9 Å². The van der Waals surface area contributed by atoms with E-state index >= 15 is 0 Å². The van der Waals surface area contributed by atoms with Gasteiger partial charge in [0, 0.05) is 12.1 Å². The van der Waals surface area contributed by atoms with Crippen molar-refractivity contribution in [2.45, 2.75) is 13.8 Å². The average molecular weight is 261 g/mol. The minimum absolute atomic E-state index is 0.00729. The molecule has 0 aliphatic rings. The second kappa shape index (κ2) is 4.84. The first-order valence-corrected chi connectivity index (χ1v) is 5.43. The number of nitro groups is 1. The molecule has 2 N–H and O–H groups in total. The summed E-state index contributed by atoms with van der Waals surface area (Å²) < 4.78 is 0. The number of hydrogen-bond acceptors (Lipinski definition) is 5. The molecule has 0 unspecified atom stereocenters. The Bertz CT molecular complexity index is 713. The van der Waals surface area contributed by atoms with E-state index in [1.54, 1.807) is 13.8 Å². The zero-order chi connectivity index (χ0) is 14.0. The maximum Gasteiger partial charge on any atom is 0.291 e. The van der Waals surface area contributed by atoms with E-state index in [0.717, 1.165) is 0 Å². The molecule has 0 bridgehead atoms. The number of azo groups is 1. The minimum atomic E-state index is -0.477. The molecule has 1 aromatic heterocycles. The fourth-order valence-corrected chi connectivity index (χ4v) is 1.53. The summed E-state index contributed by atoms with van der Waals surface area (Å²) in [6, 6.07) is 4.24. The number of aromatic amines is 2. The van der Waals surface area contributed by atoms with E-state index in [4.69, 9.17) is 0 Å². The standard InChI is InChI=1S/C11H11N5O3/c1-6-5-8(16(18)19)3-4-9(6)13-14-10-7(2)12-15-11(10)17/h3-5H,1-2H3,(H2,12,15,17). The summed E-state index contributed by atoms with van der Waals surface area (Å²) in [6.07, 6.45) is 0. The van der Waals surface area contributed by atoms with Crippen LogP contribution in [0.3, 0.4) is 0 Å². The topological polar surface area (TPSA) is 117 Å². The Labute approximate surface area is 107 Å². The SMILES string of the molecule is Cc1cc([N+](=O)[O-])ccc1N=Nc1c(C)[nH][nH]c1=O. The third kappa shape index (κ3) is 2.57. The first-order chi connectivity index (χ1) is 8.99. The predicted molar refractivity (Wildman–Crippen MR) is 68.2 cm³/mol. The number of aryl methyl sites for hydroxylation is 2. The van der Waals surface area contributed by atoms with Gasteiger partial charge in [0.2, 0.25) is 0 Å². The van der Waals surface area contributed by atoms with Gasteiger partial charge in [-0.15, -0.1) is 5.11 Å². The van der Waals surface area contributed by atoms with Crippen molar-refractivity contribution in [3.63, 3.8) is 0 Å². The summed E-state index contributed by atoms with van der Waals surface area (Å²) >= 11 is 0. The van der Waals surface area contributed by atoms with Crippen LogP contribution in [0.2, 0.25) is 0 Å². The Morgan fingerprint density at radius 3 is 2.47 bits per heavy atom. The van der Waals surface area contributed by atoms with E-state index in [1.807, 2.05) is 0 Å². The fourth-order valence-electron chi connectivity index (χ4n) is 1.53. The lowest BCUT2D eigenvalue weighted by Crippen LogP contribution is -1.96.